The van der Waals surface area contributed by atoms with Crippen LogP contribution in [0.25, 0.3) is 0 Å². The van der Waals surface area contributed by atoms with Gasteiger partial charge in [0.1, 0.15) is 0 Å². The number of nitrogens with one attached hydrogen (secondary N) is 1. The predicted molar refractivity (Wildman–Crippen MR) is 38.9 cm³/mol. The van der Waals surface area contributed by atoms with Crippen LogP contribution < -0.4 is 11.1 Å². The summed E-state index contributed by atoms with van der Waals surface area (Å²) in [6, 6.07) is 0. The third kappa shape index (κ3) is 1.72. The molecule has 1 aliphatic rings. The molecule has 0 bridgehead atoms. The zero-order valence-corrected chi connectivity index (χ0v) is 5.69. The van der Waals surface area contributed by atoms with E-state index in [0.29, 0.717) is 5.92 Å². The molecule has 0 aromatic rings. The molecule has 1 heterocycles. The molecule has 3 N–H and O–H groups in total. The van der Waals surface area contributed by atoms with Crippen molar-refractivity contribution < 1.29 is 0 Å². The van der Waals surface area contributed by atoms with Gasteiger partial charge in [-0.1, -0.05) is 6.58 Å². The monoisotopic (exact) mass is 126 g/mol. The van der Waals surface area contributed by atoms with Crippen molar-refractivity contribution in [3.63, 3.8) is 0 Å². The van der Waals surface area contributed by atoms with Gasteiger partial charge in [0.2, 0.25) is 0 Å². The largest absolute Gasteiger partial charge is 0.389 e. The second-order valence-corrected chi connectivity index (χ2v) is 2.62. The molecule has 2 heteroatoms. The Morgan fingerprint density at radius 2 is 2.56 bits per heavy atom. The van der Waals surface area contributed by atoms with Gasteiger partial charge in [0.25, 0.3) is 0 Å². The topological polar surface area (TPSA) is 38.0 Å². The minimum absolute atomic E-state index is 0.679. The molecule has 0 amide bonds. The second-order valence-electron chi connectivity index (χ2n) is 2.62. The summed E-state index contributed by atoms with van der Waals surface area (Å²) in [5, 5.41) is 3.20. The van der Waals surface area contributed by atoms with Gasteiger partial charge in [-0.15, -0.1) is 0 Å². The van der Waals surface area contributed by atoms with E-state index in [0.717, 1.165) is 25.2 Å². The first-order chi connectivity index (χ1) is 4.33. The van der Waals surface area contributed by atoms with Gasteiger partial charge in [-0.3, -0.25) is 0 Å². The lowest BCUT2D eigenvalue weighted by Gasteiger charge is -2.23. The Morgan fingerprint density at radius 3 is 3.00 bits per heavy atom. The molecule has 1 unspecified atom stereocenters. The average molecular weight is 126 g/mol. The molecular weight excluding hydrogens is 112 g/mol. The van der Waals surface area contributed by atoms with Crippen molar-refractivity contribution in [3.8, 4) is 0 Å². The van der Waals surface area contributed by atoms with E-state index in [1.807, 2.05) is 0 Å². The molecule has 1 rings (SSSR count). The summed E-state index contributed by atoms with van der Waals surface area (Å²) in [7, 11) is 0. The summed E-state index contributed by atoms with van der Waals surface area (Å²) >= 11 is 0. The Morgan fingerprint density at radius 1 is 1.78 bits per heavy atom. The van der Waals surface area contributed by atoms with Crippen molar-refractivity contribution in [2.24, 2.45) is 11.7 Å². The Labute approximate surface area is 56.1 Å². The molecule has 0 spiro atoms. The van der Waals surface area contributed by atoms with Crippen LogP contribution in [0.5, 0.6) is 0 Å². The third-order valence-electron chi connectivity index (χ3n) is 1.80. The Balaban J connectivity index is 2.32. The maximum Gasteiger partial charge on any atom is 0.0147 e. The van der Waals surface area contributed by atoms with Crippen LogP contribution in [-0.2, 0) is 0 Å². The maximum absolute atomic E-state index is 5.50. The van der Waals surface area contributed by atoms with Gasteiger partial charge in [-0.05, 0) is 25.3 Å². The zero-order chi connectivity index (χ0) is 6.69. The summed E-state index contributed by atoms with van der Waals surface area (Å²) in [6.07, 6.45) is 2.27. The van der Waals surface area contributed by atoms with E-state index in [2.05, 4.69) is 11.9 Å². The summed E-state index contributed by atoms with van der Waals surface area (Å²) in [5.74, 6) is 0.679. The molecule has 1 atom stereocenters. The number of hydrogen-bond acceptors (Lipinski definition) is 2. The molecule has 1 fully saturated rings. The van der Waals surface area contributed by atoms with Crippen LogP contribution in [0.1, 0.15) is 12.8 Å². The van der Waals surface area contributed by atoms with Gasteiger partial charge in [0, 0.05) is 12.2 Å². The number of piperidine rings is 1. The molecule has 0 radical (unpaired) electrons. The summed E-state index contributed by atoms with van der Waals surface area (Å²) < 4.78 is 0. The van der Waals surface area contributed by atoms with Gasteiger partial charge in [-0.25, -0.2) is 0 Å². The highest BCUT2D eigenvalue weighted by Gasteiger charge is 2.12. The van der Waals surface area contributed by atoms with E-state index in [1.54, 1.807) is 0 Å². The van der Waals surface area contributed by atoms with E-state index >= 15 is 0 Å². The zero-order valence-electron chi connectivity index (χ0n) is 5.69. The highest BCUT2D eigenvalue weighted by atomic mass is 14.9. The van der Waals surface area contributed by atoms with Gasteiger partial charge in [0.05, 0.1) is 0 Å². The first kappa shape index (κ1) is 6.62. The van der Waals surface area contributed by atoms with Gasteiger partial charge >= 0.3 is 0 Å². The first-order valence-corrected chi connectivity index (χ1v) is 3.44. The standard InChI is InChI=1S/C7H14N2/c1-6-4-7(5-8)2-3-9-6/h7,9H,1-5,8H2. The van der Waals surface area contributed by atoms with Crippen molar-refractivity contribution in [2.45, 2.75) is 12.8 Å². The SMILES string of the molecule is C=C1CC(CN)CCN1. The lowest BCUT2D eigenvalue weighted by Crippen LogP contribution is -2.29. The lowest BCUT2D eigenvalue weighted by molar-refractivity contribution is 0.427. The van der Waals surface area contributed by atoms with E-state index in [-0.39, 0.29) is 0 Å². The first-order valence-electron chi connectivity index (χ1n) is 3.44. The molecule has 1 aliphatic heterocycles. The van der Waals surface area contributed by atoms with Crippen LogP contribution in [0.4, 0.5) is 0 Å². The van der Waals surface area contributed by atoms with Crippen LogP contribution >= 0.6 is 0 Å². The predicted octanol–water partition coefficient (Wildman–Crippen LogP) is 0.458. The van der Waals surface area contributed by atoms with Gasteiger partial charge < -0.3 is 11.1 Å². The minimum Gasteiger partial charge on any atom is -0.389 e. The highest BCUT2D eigenvalue weighted by Crippen LogP contribution is 2.15. The van der Waals surface area contributed by atoms with Gasteiger partial charge in [-0.2, -0.15) is 0 Å². The number of hydrogen-bond donors (Lipinski definition) is 2. The van der Waals surface area contributed by atoms with Crippen LogP contribution in [0.2, 0.25) is 0 Å². The molecule has 52 valence electrons. The quantitative estimate of drug-likeness (QED) is 0.535. The van der Waals surface area contributed by atoms with Crippen LogP contribution in [0.3, 0.4) is 0 Å². The van der Waals surface area contributed by atoms with E-state index < -0.39 is 0 Å². The molecule has 0 saturated carbocycles. The Bertz CT molecular complexity index is 109. The number of nitrogens with two attached hydrogens (primary N) is 1. The van der Waals surface area contributed by atoms with Crippen molar-refractivity contribution in [1.82, 2.24) is 5.32 Å². The summed E-state index contributed by atoms with van der Waals surface area (Å²) in [5.41, 5.74) is 6.65. The molecule has 1 saturated heterocycles. The third-order valence-corrected chi connectivity index (χ3v) is 1.80. The van der Waals surface area contributed by atoms with Crippen molar-refractivity contribution >= 4 is 0 Å². The number of allylic oxidation sites excluding steroid dienone is 1. The van der Waals surface area contributed by atoms with Crippen LogP contribution in [0, 0.1) is 5.92 Å². The lowest BCUT2D eigenvalue weighted by atomic mass is 9.97. The molecular formula is C7H14N2. The highest BCUT2D eigenvalue weighted by molar-refractivity contribution is 4.96. The minimum atomic E-state index is 0.679. The Hall–Kier alpha value is -0.500. The molecule has 0 aromatic carbocycles. The van der Waals surface area contributed by atoms with E-state index in [9.17, 15) is 0 Å². The fraction of sp³-hybridized carbons (Fsp3) is 0.714. The van der Waals surface area contributed by atoms with E-state index in [1.165, 1.54) is 6.42 Å². The molecule has 0 aliphatic carbocycles. The maximum atomic E-state index is 5.50. The molecule has 9 heavy (non-hydrogen) atoms. The molecule has 0 aromatic heterocycles. The normalized spacial score (nSPS) is 27.7. The summed E-state index contributed by atoms with van der Waals surface area (Å²) in [6.45, 7) is 5.71. The summed E-state index contributed by atoms with van der Waals surface area (Å²) in [4.78, 5) is 0. The number of rotatable bonds is 1. The fourth-order valence-electron chi connectivity index (χ4n) is 1.18. The van der Waals surface area contributed by atoms with Crippen molar-refractivity contribution in [3.05, 3.63) is 12.3 Å². The fourth-order valence-corrected chi connectivity index (χ4v) is 1.18. The average Bonchev–Trinajstić information content (AvgIpc) is 1.88. The smallest absolute Gasteiger partial charge is 0.0147 e. The van der Waals surface area contributed by atoms with Crippen LogP contribution in [-0.4, -0.2) is 13.1 Å². The second kappa shape index (κ2) is 2.87. The van der Waals surface area contributed by atoms with Crippen LogP contribution in [0.15, 0.2) is 12.3 Å². The molecule has 2 nitrogen and oxygen atoms in total. The Kier molecular flexibility index (Phi) is 2.11. The van der Waals surface area contributed by atoms with E-state index in [4.69, 9.17) is 5.73 Å². The van der Waals surface area contributed by atoms with Crippen molar-refractivity contribution in [2.75, 3.05) is 13.1 Å². The van der Waals surface area contributed by atoms with Crippen molar-refractivity contribution in [1.29, 1.82) is 0 Å². The van der Waals surface area contributed by atoms with Gasteiger partial charge in [0.15, 0.2) is 0 Å².